The molecule has 0 spiro atoms. The van der Waals surface area contributed by atoms with Gasteiger partial charge in [-0.15, -0.1) is 13.2 Å². The number of rotatable bonds is 3. The van der Waals surface area contributed by atoms with Gasteiger partial charge in [-0.05, 0) is 0 Å². The van der Waals surface area contributed by atoms with E-state index in [1.54, 1.807) is 0 Å². The van der Waals surface area contributed by atoms with Crippen LogP contribution in [-0.2, 0) is 0 Å². The number of carboxylic acid groups (broad SMARTS) is 1. The summed E-state index contributed by atoms with van der Waals surface area (Å²) in [7, 11) is 0. The van der Waals surface area contributed by atoms with Crippen LogP contribution >= 0.6 is 0 Å². The summed E-state index contributed by atoms with van der Waals surface area (Å²) in [5.74, 6) is -3.59. The molecule has 0 saturated heterocycles. The number of H-pyrrole nitrogens is 1. The molecule has 1 aromatic heterocycles. The van der Waals surface area contributed by atoms with Crippen LogP contribution in [-0.4, -0.2) is 27.3 Å². The summed E-state index contributed by atoms with van der Waals surface area (Å²) in [5, 5.41) is 19.1. The van der Waals surface area contributed by atoms with E-state index in [0.717, 1.165) is 0 Å². The van der Waals surface area contributed by atoms with Crippen molar-refractivity contribution in [2.45, 2.75) is 6.36 Å². The van der Waals surface area contributed by atoms with E-state index < -0.39 is 39.9 Å². The zero-order chi connectivity index (χ0) is 14.1. The molecule has 0 atom stereocenters. The number of nitrogens with zero attached hydrogens (tertiary/aromatic N) is 1. The zero-order valence-corrected chi connectivity index (χ0v) is 8.15. The number of halogens is 3. The highest BCUT2D eigenvalue weighted by Gasteiger charge is 2.36. The van der Waals surface area contributed by atoms with Gasteiger partial charge >= 0.3 is 12.3 Å². The molecule has 98 valence electrons. The number of alkyl halides is 3. The van der Waals surface area contributed by atoms with E-state index in [1.165, 1.54) is 4.98 Å². The predicted molar refractivity (Wildman–Crippen MR) is 47.4 cm³/mol. The number of nitro groups is 1. The SMILES string of the molecule is O=C(O)c1c([N+](=O)[O-])cc(=O)[nH]c1OC(F)(F)F. The molecule has 0 fully saturated rings. The highest BCUT2D eigenvalue weighted by atomic mass is 19.4. The summed E-state index contributed by atoms with van der Waals surface area (Å²) in [6, 6.07) is 0.243. The largest absolute Gasteiger partial charge is 0.574 e. The number of carbonyl (C=O) groups is 1. The Morgan fingerprint density at radius 2 is 2.06 bits per heavy atom. The van der Waals surface area contributed by atoms with Crippen LogP contribution in [0, 0.1) is 10.1 Å². The number of aromatic carboxylic acids is 1. The molecule has 0 bridgehead atoms. The summed E-state index contributed by atoms with van der Waals surface area (Å²) in [5.41, 5.74) is -3.99. The number of pyridine rings is 1. The van der Waals surface area contributed by atoms with Gasteiger partial charge in [-0.1, -0.05) is 0 Å². The fraction of sp³-hybridized carbons (Fsp3) is 0.143. The van der Waals surface area contributed by atoms with Gasteiger partial charge in [-0.25, -0.2) is 4.79 Å². The van der Waals surface area contributed by atoms with E-state index in [2.05, 4.69) is 4.74 Å². The van der Waals surface area contributed by atoms with Crippen LogP contribution in [0.1, 0.15) is 10.4 Å². The predicted octanol–water partition coefficient (Wildman–Crippen LogP) is 0.880. The van der Waals surface area contributed by atoms with Gasteiger partial charge in [0.2, 0.25) is 5.88 Å². The molecule has 1 rings (SSSR count). The number of carboxylic acids is 1. The molecule has 1 aromatic rings. The van der Waals surface area contributed by atoms with Crippen LogP contribution in [0.25, 0.3) is 0 Å². The van der Waals surface area contributed by atoms with Crippen LogP contribution in [0.4, 0.5) is 18.9 Å². The number of aromatic amines is 1. The molecule has 1 heterocycles. The maximum Gasteiger partial charge on any atom is 0.574 e. The minimum Gasteiger partial charge on any atom is -0.477 e. The standard InChI is InChI=1S/C7H3F3N2O6/c8-7(9,10)18-5-4(6(14)15)2(12(16)17)1-3(13)11-5/h1H,(H,11,13)(H,14,15). The molecule has 0 amide bonds. The topological polar surface area (TPSA) is 123 Å². The van der Waals surface area contributed by atoms with Gasteiger partial charge < -0.3 is 9.84 Å². The first-order valence-corrected chi connectivity index (χ1v) is 4.02. The lowest BCUT2D eigenvalue weighted by Crippen LogP contribution is -2.23. The van der Waals surface area contributed by atoms with Crippen LogP contribution < -0.4 is 10.3 Å². The van der Waals surface area contributed by atoms with Crippen molar-refractivity contribution >= 4 is 11.7 Å². The Balaban J connectivity index is 3.54. The third-order valence-corrected chi connectivity index (χ3v) is 1.62. The molecule has 0 aliphatic rings. The fourth-order valence-electron chi connectivity index (χ4n) is 1.07. The van der Waals surface area contributed by atoms with Crippen molar-refractivity contribution in [1.29, 1.82) is 0 Å². The van der Waals surface area contributed by atoms with Crippen molar-refractivity contribution in [2.24, 2.45) is 0 Å². The van der Waals surface area contributed by atoms with Crippen molar-refractivity contribution in [3.05, 3.63) is 32.1 Å². The quantitative estimate of drug-likeness (QED) is 0.619. The van der Waals surface area contributed by atoms with Crippen LogP contribution in [0.2, 0.25) is 0 Å². The van der Waals surface area contributed by atoms with E-state index in [1.807, 2.05) is 0 Å². The van der Waals surface area contributed by atoms with Gasteiger partial charge in [0.05, 0.1) is 11.0 Å². The van der Waals surface area contributed by atoms with Crippen molar-refractivity contribution in [2.75, 3.05) is 0 Å². The van der Waals surface area contributed by atoms with E-state index in [9.17, 15) is 32.9 Å². The third-order valence-electron chi connectivity index (χ3n) is 1.62. The number of hydrogen-bond acceptors (Lipinski definition) is 5. The minimum atomic E-state index is -5.30. The normalized spacial score (nSPS) is 11.1. The Morgan fingerprint density at radius 1 is 1.50 bits per heavy atom. The van der Waals surface area contributed by atoms with Crippen LogP contribution in [0.3, 0.4) is 0 Å². The van der Waals surface area contributed by atoms with E-state index in [-0.39, 0.29) is 6.07 Å². The van der Waals surface area contributed by atoms with Gasteiger partial charge in [0.15, 0.2) is 5.56 Å². The van der Waals surface area contributed by atoms with Crippen molar-refractivity contribution in [3.63, 3.8) is 0 Å². The molecule has 0 aliphatic heterocycles. The summed E-state index contributed by atoms with van der Waals surface area (Å²) >= 11 is 0. The first-order valence-electron chi connectivity index (χ1n) is 4.02. The number of nitrogens with one attached hydrogen (secondary N) is 1. The molecule has 2 N–H and O–H groups in total. The van der Waals surface area contributed by atoms with Crippen molar-refractivity contribution < 1.29 is 32.7 Å². The van der Waals surface area contributed by atoms with Gasteiger partial charge in [0, 0.05) is 0 Å². The first-order chi connectivity index (χ1) is 8.11. The molecule has 0 aromatic carbocycles. The lowest BCUT2D eigenvalue weighted by Gasteiger charge is -2.10. The average molecular weight is 268 g/mol. The monoisotopic (exact) mass is 268 g/mol. The Kier molecular flexibility index (Phi) is 3.26. The zero-order valence-electron chi connectivity index (χ0n) is 8.15. The number of hydrogen-bond donors (Lipinski definition) is 2. The number of aromatic nitrogens is 1. The maximum absolute atomic E-state index is 11.9. The van der Waals surface area contributed by atoms with Crippen LogP contribution in [0.5, 0.6) is 5.88 Å². The smallest absolute Gasteiger partial charge is 0.477 e. The molecule has 8 nitrogen and oxygen atoms in total. The molecular weight excluding hydrogens is 265 g/mol. The third kappa shape index (κ3) is 2.96. The van der Waals surface area contributed by atoms with Crippen molar-refractivity contribution in [1.82, 2.24) is 4.98 Å². The van der Waals surface area contributed by atoms with Crippen LogP contribution in [0.15, 0.2) is 10.9 Å². The molecule has 0 unspecified atom stereocenters. The maximum atomic E-state index is 11.9. The Bertz CT molecular complexity index is 563. The lowest BCUT2D eigenvalue weighted by molar-refractivity contribution is -0.385. The molecule has 0 radical (unpaired) electrons. The summed E-state index contributed by atoms with van der Waals surface area (Å²) in [6.45, 7) is 0. The Morgan fingerprint density at radius 3 is 2.44 bits per heavy atom. The van der Waals surface area contributed by atoms with E-state index >= 15 is 0 Å². The minimum absolute atomic E-state index is 0.243. The van der Waals surface area contributed by atoms with Gasteiger partial charge in [0.25, 0.3) is 11.2 Å². The Labute approximate surface area is 94.8 Å². The van der Waals surface area contributed by atoms with E-state index in [4.69, 9.17) is 5.11 Å². The van der Waals surface area contributed by atoms with Crippen molar-refractivity contribution in [3.8, 4) is 5.88 Å². The summed E-state index contributed by atoms with van der Waals surface area (Å²) in [6.07, 6.45) is -5.30. The van der Waals surface area contributed by atoms with Gasteiger partial charge in [0.1, 0.15) is 0 Å². The van der Waals surface area contributed by atoms with Gasteiger partial charge in [-0.3, -0.25) is 19.9 Å². The highest BCUT2D eigenvalue weighted by Crippen LogP contribution is 2.28. The summed E-state index contributed by atoms with van der Waals surface area (Å²) < 4.78 is 39.1. The van der Waals surface area contributed by atoms with E-state index in [0.29, 0.717) is 0 Å². The van der Waals surface area contributed by atoms with Gasteiger partial charge in [-0.2, -0.15) is 0 Å². The number of ether oxygens (including phenoxy) is 1. The molecule has 11 heteroatoms. The molecular formula is C7H3F3N2O6. The molecule has 0 saturated carbocycles. The second-order valence-electron chi connectivity index (χ2n) is 2.83. The second kappa shape index (κ2) is 4.35. The second-order valence-corrected chi connectivity index (χ2v) is 2.83. The highest BCUT2D eigenvalue weighted by molar-refractivity contribution is 5.94. The Hall–Kier alpha value is -2.59. The lowest BCUT2D eigenvalue weighted by atomic mass is 10.2. The fourth-order valence-corrected chi connectivity index (χ4v) is 1.07. The molecule has 0 aliphatic carbocycles. The molecule has 18 heavy (non-hydrogen) atoms. The average Bonchev–Trinajstić information content (AvgIpc) is 2.12. The summed E-state index contributed by atoms with van der Waals surface area (Å²) in [4.78, 5) is 32.1. The first kappa shape index (κ1) is 13.5.